The minimum absolute atomic E-state index is 0.163. The van der Waals surface area contributed by atoms with Crippen molar-refractivity contribution in [3.63, 3.8) is 0 Å². The van der Waals surface area contributed by atoms with Gasteiger partial charge in [-0.3, -0.25) is 9.78 Å². The molecule has 1 fully saturated rings. The Morgan fingerprint density at radius 1 is 0.971 bits per heavy atom. The van der Waals surface area contributed by atoms with E-state index in [0.717, 1.165) is 52.4 Å². The largest absolute Gasteiger partial charge is 0.494 e. The number of hydrogen-bond donors (Lipinski definition) is 0. The molecule has 1 saturated heterocycles. The van der Waals surface area contributed by atoms with Crippen LogP contribution in [0.3, 0.4) is 0 Å². The maximum absolute atomic E-state index is 12.7. The molecule has 0 radical (unpaired) electrons. The van der Waals surface area contributed by atoms with Crippen molar-refractivity contribution in [1.29, 1.82) is 0 Å². The highest BCUT2D eigenvalue weighted by Crippen LogP contribution is 2.31. The monoisotopic (exact) mass is 454 g/mol. The first-order valence-electron chi connectivity index (χ1n) is 11.5. The number of carbonyl (C=O) groups is 1. The number of benzene rings is 2. The summed E-state index contributed by atoms with van der Waals surface area (Å²) in [5, 5.41) is 0.901. The summed E-state index contributed by atoms with van der Waals surface area (Å²) in [5.74, 6) is 1.71. The number of anilines is 1. The third kappa shape index (κ3) is 4.66. The summed E-state index contributed by atoms with van der Waals surface area (Å²) in [6.45, 7) is 5.32. The van der Waals surface area contributed by atoms with Gasteiger partial charge in [-0.05, 0) is 18.6 Å². The highest BCUT2D eigenvalue weighted by Gasteiger charge is 2.22. The molecule has 1 amide bonds. The van der Waals surface area contributed by atoms with Crippen LogP contribution >= 0.6 is 0 Å². The summed E-state index contributed by atoms with van der Waals surface area (Å²) in [6.07, 6.45) is 7.32. The molecular formula is C26H26N6O2. The average Bonchev–Trinajstić information content (AvgIpc) is 2.89. The molecule has 0 saturated carbocycles. The van der Waals surface area contributed by atoms with E-state index in [1.165, 1.54) is 6.33 Å². The normalized spacial score (nSPS) is 13.8. The van der Waals surface area contributed by atoms with Gasteiger partial charge in [-0.25, -0.2) is 15.0 Å². The second kappa shape index (κ2) is 9.82. The number of nitrogens with zero attached hydrogens (tertiary/aromatic N) is 6. The minimum atomic E-state index is 0.163. The molecule has 5 rings (SSSR count). The fourth-order valence-electron chi connectivity index (χ4n) is 4.21. The number of fused-ring (bicyclic) bond motifs is 1. The molecule has 172 valence electrons. The molecule has 1 aliphatic heterocycles. The Labute approximate surface area is 198 Å². The molecule has 34 heavy (non-hydrogen) atoms. The number of hydrogen-bond acceptors (Lipinski definition) is 7. The molecule has 0 spiro atoms. The Morgan fingerprint density at radius 2 is 1.79 bits per heavy atom. The fourth-order valence-corrected chi connectivity index (χ4v) is 4.21. The van der Waals surface area contributed by atoms with Gasteiger partial charge in [0.1, 0.15) is 17.9 Å². The Balaban J connectivity index is 1.28. The molecule has 0 bridgehead atoms. The lowest BCUT2D eigenvalue weighted by molar-refractivity contribution is -0.130. The molecule has 0 unspecified atom stereocenters. The van der Waals surface area contributed by atoms with E-state index in [1.54, 1.807) is 18.6 Å². The van der Waals surface area contributed by atoms with Gasteiger partial charge in [-0.2, -0.15) is 0 Å². The molecule has 0 N–H and O–H groups in total. The Hall–Kier alpha value is -4.07. The molecular weight excluding hydrogens is 428 g/mol. The second-order valence-electron chi connectivity index (χ2n) is 8.15. The molecule has 2 aromatic heterocycles. The lowest BCUT2D eigenvalue weighted by atomic mass is 10.1. The van der Waals surface area contributed by atoms with Crippen LogP contribution in [0.2, 0.25) is 0 Å². The van der Waals surface area contributed by atoms with Gasteiger partial charge < -0.3 is 14.5 Å². The molecule has 8 nitrogen and oxygen atoms in total. The summed E-state index contributed by atoms with van der Waals surface area (Å²) in [4.78, 5) is 34.7. The van der Waals surface area contributed by atoms with Crippen LogP contribution in [-0.4, -0.2) is 63.5 Å². The maximum Gasteiger partial charge on any atom is 0.227 e. The van der Waals surface area contributed by atoms with Crippen molar-refractivity contribution < 1.29 is 9.53 Å². The number of ether oxygens (including phenoxy) is 1. The summed E-state index contributed by atoms with van der Waals surface area (Å²) in [7, 11) is 0. The minimum Gasteiger partial charge on any atom is -0.494 e. The van der Waals surface area contributed by atoms with Crippen LogP contribution in [0.1, 0.15) is 12.5 Å². The third-order valence-corrected chi connectivity index (χ3v) is 5.98. The van der Waals surface area contributed by atoms with Crippen LogP contribution in [0, 0.1) is 0 Å². The number of amides is 1. The molecule has 2 aromatic carbocycles. The van der Waals surface area contributed by atoms with E-state index in [-0.39, 0.29) is 5.91 Å². The SMILES string of the molecule is CCOc1cc(-c2cnc(N3CCN(C(=O)Cc4ccccc4)CC3)cn2)c2cncnc2c1. The van der Waals surface area contributed by atoms with Crippen LogP contribution < -0.4 is 9.64 Å². The number of carbonyl (C=O) groups excluding carboxylic acids is 1. The van der Waals surface area contributed by atoms with E-state index < -0.39 is 0 Å². The Kier molecular flexibility index (Phi) is 6.29. The van der Waals surface area contributed by atoms with E-state index in [2.05, 4.69) is 24.8 Å². The van der Waals surface area contributed by atoms with E-state index in [4.69, 9.17) is 4.74 Å². The van der Waals surface area contributed by atoms with E-state index in [0.29, 0.717) is 26.1 Å². The zero-order valence-electron chi connectivity index (χ0n) is 19.1. The first kappa shape index (κ1) is 21.8. The third-order valence-electron chi connectivity index (χ3n) is 5.98. The maximum atomic E-state index is 12.7. The lowest BCUT2D eigenvalue weighted by Crippen LogP contribution is -2.49. The van der Waals surface area contributed by atoms with Gasteiger partial charge in [0.05, 0.1) is 36.6 Å². The highest BCUT2D eigenvalue weighted by molar-refractivity contribution is 5.94. The van der Waals surface area contributed by atoms with Gasteiger partial charge in [0.15, 0.2) is 0 Å². The highest BCUT2D eigenvalue weighted by atomic mass is 16.5. The zero-order valence-corrected chi connectivity index (χ0v) is 19.1. The van der Waals surface area contributed by atoms with Gasteiger partial charge in [-0.15, -0.1) is 0 Å². The van der Waals surface area contributed by atoms with Gasteiger partial charge in [0, 0.05) is 49.4 Å². The van der Waals surface area contributed by atoms with Crippen molar-refractivity contribution in [3.8, 4) is 17.0 Å². The van der Waals surface area contributed by atoms with Crippen LogP contribution in [-0.2, 0) is 11.2 Å². The van der Waals surface area contributed by atoms with E-state index in [9.17, 15) is 4.79 Å². The first-order valence-corrected chi connectivity index (χ1v) is 11.5. The van der Waals surface area contributed by atoms with Crippen molar-refractivity contribution in [2.75, 3.05) is 37.7 Å². The van der Waals surface area contributed by atoms with E-state index >= 15 is 0 Å². The number of rotatable bonds is 6. The topological polar surface area (TPSA) is 84.3 Å². The smallest absolute Gasteiger partial charge is 0.227 e. The molecule has 8 heteroatoms. The van der Waals surface area contributed by atoms with Crippen LogP contribution in [0.5, 0.6) is 5.75 Å². The number of aromatic nitrogens is 4. The van der Waals surface area contributed by atoms with Crippen LogP contribution in [0.15, 0.2) is 67.4 Å². The van der Waals surface area contributed by atoms with Gasteiger partial charge >= 0.3 is 0 Å². The molecule has 4 aromatic rings. The Bertz CT molecular complexity index is 1270. The Morgan fingerprint density at radius 3 is 2.53 bits per heavy atom. The van der Waals surface area contributed by atoms with Crippen LogP contribution in [0.25, 0.3) is 22.2 Å². The van der Waals surface area contributed by atoms with Gasteiger partial charge in [-0.1, -0.05) is 30.3 Å². The van der Waals surface area contributed by atoms with Crippen molar-refractivity contribution in [2.45, 2.75) is 13.3 Å². The standard InChI is InChI=1S/C26H26N6O2/c1-2-34-20-13-21(22-15-27-18-30-23(22)14-20)24-16-29-25(17-28-24)31-8-10-32(11-9-31)26(33)12-19-6-4-3-5-7-19/h3-7,13-18H,2,8-12H2,1H3. The fraction of sp³-hybridized carbons (Fsp3) is 0.269. The van der Waals surface area contributed by atoms with Crippen molar-refractivity contribution in [1.82, 2.24) is 24.8 Å². The van der Waals surface area contributed by atoms with Crippen molar-refractivity contribution in [2.24, 2.45) is 0 Å². The number of piperazine rings is 1. The average molecular weight is 455 g/mol. The first-order chi connectivity index (χ1) is 16.7. The molecule has 0 atom stereocenters. The predicted molar refractivity (Wildman–Crippen MR) is 131 cm³/mol. The van der Waals surface area contributed by atoms with Gasteiger partial charge in [0.25, 0.3) is 0 Å². The second-order valence-corrected chi connectivity index (χ2v) is 8.15. The van der Waals surface area contributed by atoms with Crippen molar-refractivity contribution >= 4 is 22.6 Å². The summed E-state index contributed by atoms with van der Waals surface area (Å²) < 4.78 is 5.71. The summed E-state index contributed by atoms with van der Waals surface area (Å²) in [6, 6.07) is 13.7. The lowest BCUT2D eigenvalue weighted by Gasteiger charge is -2.35. The molecule has 0 aliphatic carbocycles. The van der Waals surface area contributed by atoms with Crippen molar-refractivity contribution in [3.05, 3.63) is 72.9 Å². The summed E-state index contributed by atoms with van der Waals surface area (Å²) in [5.41, 5.74) is 3.47. The predicted octanol–water partition coefficient (Wildman–Crippen LogP) is 3.38. The summed E-state index contributed by atoms with van der Waals surface area (Å²) >= 11 is 0. The van der Waals surface area contributed by atoms with Gasteiger partial charge in [0.2, 0.25) is 5.91 Å². The molecule has 3 heterocycles. The van der Waals surface area contributed by atoms with E-state index in [1.807, 2.05) is 54.3 Å². The quantitative estimate of drug-likeness (QED) is 0.442. The zero-order chi connectivity index (χ0) is 23.3. The molecule has 1 aliphatic rings. The van der Waals surface area contributed by atoms with Crippen LogP contribution in [0.4, 0.5) is 5.82 Å².